The smallest absolute Gasteiger partial charge is 0.267 e. The molecule has 0 fully saturated rings. The number of hydrogen-bond donors (Lipinski definition) is 1. The third-order valence-electron chi connectivity index (χ3n) is 4.10. The maximum Gasteiger partial charge on any atom is 0.267 e. The lowest BCUT2D eigenvalue weighted by atomic mass is 10.1. The molecule has 23 heavy (non-hydrogen) atoms. The van der Waals surface area contributed by atoms with E-state index in [9.17, 15) is 4.79 Å². The first kappa shape index (κ1) is 15.7. The van der Waals surface area contributed by atoms with Gasteiger partial charge in [0.25, 0.3) is 5.56 Å². The van der Waals surface area contributed by atoms with Crippen LogP contribution in [-0.2, 0) is 0 Å². The maximum atomic E-state index is 13.1. The van der Waals surface area contributed by atoms with Crippen LogP contribution in [0.2, 0.25) is 5.02 Å². The van der Waals surface area contributed by atoms with E-state index in [1.165, 1.54) is 0 Å². The fraction of sp³-hybridized carbons (Fsp3) is 0.222. The van der Waals surface area contributed by atoms with Crippen LogP contribution in [-0.4, -0.2) is 9.55 Å². The molecule has 0 bridgehead atoms. The molecule has 1 aromatic heterocycles. The zero-order valence-electron chi connectivity index (χ0n) is 13.3. The Balaban J connectivity index is 2.51. The Morgan fingerprint density at radius 3 is 2.57 bits per heavy atom. The Morgan fingerprint density at radius 1 is 1.17 bits per heavy atom. The summed E-state index contributed by atoms with van der Waals surface area (Å²) in [5.74, 6) is 0.526. The van der Waals surface area contributed by atoms with Crippen LogP contribution in [0.3, 0.4) is 0 Å². The first-order chi connectivity index (χ1) is 10.9. The van der Waals surface area contributed by atoms with Crippen molar-refractivity contribution in [3.63, 3.8) is 0 Å². The van der Waals surface area contributed by atoms with E-state index in [0.29, 0.717) is 21.7 Å². The number of hydrogen-bond acceptors (Lipinski definition) is 3. The normalized spacial score (nSPS) is 12.6. The van der Waals surface area contributed by atoms with Crippen molar-refractivity contribution in [2.24, 2.45) is 5.73 Å². The van der Waals surface area contributed by atoms with E-state index in [-0.39, 0.29) is 11.6 Å². The number of benzene rings is 2. The third-order valence-corrected chi connectivity index (χ3v) is 4.41. The van der Waals surface area contributed by atoms with Gasteiger partial charge in [-0.25, -0.2) is 4.98 Å². The van der Waals surface area contributed by atoms with Crippen LogP contribution in [0.4, 0.5) is 0 Å². The lowest BCUT2D eigenvalue weighted by Crippen LogP contribution is -2.28. The summed E-state index contributed by atoms with van der Waals surface area (Å²) >= 11 is 6.24. The minimum absolute atomic E-state index is 0.193. The van der Waals surface area contributed by atoms with E-state index in [4.69, 9.17) is 17.3 Å². The van der Waals surface area contributed by atoms with Gasteiger partial charge in [-0.1, -0.05) is 29.8 Å². The molecule has 5 heteroatoms. The number of rotatable bonds is 2. The van der Waals surface area contributed by atoms with E-state index in [1.807, 2.05) is 39.0 Å². The molecule has 0 saturated heterocycles. The van der Waals surface area contributed by atoms with Crippen LogP contribution < -0.4 is 11.3 Å². The van der Waals surface area contributed by atoms with Crippen molar-refractivity contribution in [1.82, 2.24) is 9.55 Å². The highest BCUT2D eigenvalue weighted by atomic mass is 35.5. The zero-order chi connectivity index (χ0) is 16.7. The van der Waals surface area contributed by atoms with Crippen LogP contribution in [0, 0.1) is 13.8 Å². The molecule has 1 atom stereocenters. The van der Waals surface area contributed by atoms with Gasteiger partial charge in [0, 0.05) is 0 Å². The Hall–Kier alpha value is -2.17. The van der Waals surface area contributed by atoms with Gasteiger partial charge in [0.05, 0.1) is 27.7 Å². The van der Waals surface area contributed by atoms with E-state index in [2.05, 4.69) is 4.98 Å². The molecule has 0 aliphatic rings. The second kappa shape index (κ2) is 5.80. The standard InChI is InChI=1S/C18H18ClN3O/c1-10-6-4-9-15(11(10)2)22-17(12(3)20)21-14-8-5-7-13(19)16(14)18(22)23/h4-9,12H,20H2,1-3H3/t12-/m0/s1. The summed E-state index contributed by atoms with van der Waals surface area (Å²) in [6.45, 7) is 5.82. The molecule has 0 spiro atoms. The fourth-order valence-electron chi connectivity index (χ4n) is 2.72. The van der Waals surface area contributed by atoms with Gasteiger partial charge in [-0.3, -0.25) is 9.36 Å². The predicted octanol–water partition coefficient (Wildman–Crippen LogP) is 3.68. The Kier molecular flexibility index (Phi) is 3.96. The summed E-state index contributed by atoms with van der Waals surface area (Å²) in [6.07, 6.45) is 0. The molecule has 0 saturated carbocycles. The number of nitrogens with zero attached hydrogens (tertiary/aromatic N) is 2. The second-order valence-corrected chi connectivity index (χ2v) is 6.16. The van der Waals surface area contributed by atoms with E-state index in [1.54, 1.807) is 22.8 Å². The molecule has 0 radical (unpaired) electrons. The maximum absolute atomic E-state index is 13.1. The molecule has 2 N–H and O–H groups in total. The van der Waals surface area contributed by atoms with Gasteiger partial charge in [0.15, 0.2) is 0 Å². The van der Waals surface area contributed by atoms with Crippen LogP contribution in [0.25, 0.3) is 16.6 Å². The molecular formula is C18H18ClN3O. The fourth-order valence-corrected chi connectivity index (χ4v) is 2.97. The van der Waals surface area contributed by atoms with E-state index < -0.39 is 0 Å². The number of aromatic nitrogens is 2. The minimum atomic E-state index is -0.383. The number of fused-ring (bicyclic) bond motifs is 1. The van der Waals surface area contributed by atoms with Gasteiger partial charge in [0.2, 0.25) is 0 Å². The summed E-state index contributed by atoms with van der Waals surface area (Å²) in [5, 5.41) is 0.815. The van der Waals surface area contributed by atoms with Crippen molar-refractivity contribution in [1.29, 1.82) is 0 Å². The highest BCUT2D eigenvalue weighted by Gasteiger charge is 2.18. The number of aryl methyl sites for hydroxylation is 1. The van der Waals surface area contributed by atoms with Crippen LogP contribution in [0.5, 0.6) is 0 Å². The predicted molar refractivity (Wildman–Crippen MR) is 94.4 cm³/mol. The van der Waals surface area contributed by atoms with Crippen molar-refractivity contribution >= 4 is 22.5 Å². The van der Waals surface area contributed by atoms with Gasteiger partial charge in [-0.2, -0.15) is 0 Å². The largest absolute Gasteiger partial charge is 0.322 e. The first-order valence-corrected chi connectivity index (χ1v) is 7.83. The summed E-state index contributed by atoms with van der Waals surface area (Å²) in [5.41, 5.74) is 9.36. The molecule has 3 aromatic rings. The lowest BCUT2D eigenvalue weighted by Gasteiger charge is -2.18. The molecule has 3 rings (SSSR count). The molecular weight excluding hydrogens is 310 g/mol. The average molecular weight is 328 g/mol. The highest BCUT2D eigenvalue weighted by molar-refractivity contribution is 6.35. The van der Waals surface area contributed by atoms with Gasteiger partial charge in [0.1, 0.15) is 5.82 Å². The van der Waals surface area contributed by atoms with Crippen molar-refractivity contribution < 1.29 is 0 Å². The van der Waals surface area contributed by atoms with Gasteiger partial charge >= 0.3 is 0 Å². The number of halogens is 1. The van der Waals surface area contributed by atoms with Gasteiger partial charge in [-0.15, -0.1) is 0 Å². The molecule has 0 aliphatic carbocycles. The van der Waals surface area contributed by atoms with Crippen LogP contribution in [0.1, 0.15) is 29.9 Å². The highest BCUT2D eigenvalue weighted by Crippen LogP contribution is 2.24. The van der Waals surface area contributed by atoms with Crippen molar-refractivity contribution in [3.8, 4) is 5.69 Å². The topological polar surface area (TPSA) is 60.9 Å². The van der Waals surface area contributed by atoms with Crippen molar-refractivity contribution in [3.05, 3.63) is 68.7 Å². The minimum Gasteiger partial charge on any atom is -0.322 e. The molecule has 0 aliphatic heterocycles. The number of nitrogens with two attached hydrogens (primary N) is 1. The summed E-state index contributed by atoms with van der Waals surface area (Å²) in [4.78, 5) is 17.7. The van der Waals surface area contributed by atoms with Crippen molar-refractivity contribution in [2.75, 3.05) is 0 Å². The molecule has 4 nitrogen and oxygen atoms in total. The first-order valence-electron chi connectivity index (χ1n) is 7.45. The molecule has 1 heterocycles. The summed E-state index contributed by atoms with van der Waals surface area (Å²) in [7, 11) is 0. The molecule has 0 amide bonds. The molecule has 2 aromatic carbocycles. The third kappa shape index (κ3) is 2.54. The average Bonchev–Trinajstić information content (AvgIpc) is 2.50. The summed E-state index contributed by atoms with van der Waals surface area (Å²) < 4.78 is 1.58. The summed E-state index contributed by atoms with van der Waals surface area (Å²) in [6, 6.07) is 10.7. The van der Waals surface area contributed by atoms with Crippen LogP contribution in [0.15, 0.2) is 41.2 Å². The zero-order valence-corrected chi connectivity index (χ0v) is 14.1. The van der Waals surface area contributed by atoms with Crippen molar-refractivity contribution in [2.45, 2.75) is 26.8 Å². The van der Waals surface area contributed by atoms with Gasteiger partial charge in [-0.05, 0) is 50.1 Å². The SMILES string of the molecule is Cc1cccc(-n2c([C@H](C)N)nc3cccc(Cl)c3c2=O)c1C. The molecule has 0 unspecified atom stereocenters. The Labute approximate surface area is 139 Å². The quantitative estimate of drug-likeness (QED) is 0.781. The van der Waals surface area contributed by atoms with Gasteiger partial charge < -0.3 is 5.73 Å². The Bertz CT molecular complexity index is 960. The van der Waals surface area contributed by atoms with E-state index in [0.717, 1.165) is 16.8 Å². The Morgan fingerprint density at radius 2 is 1.87 bits per heavy atom. The molecule has 118 valence electrons. The monoisotopic (exact) mass is 327 g/mol. The second-order valence-electron chi connectivity index (χ2n) is 5.75. The van der Waals surface area contributed by atoms with Crippen LogP contribution >= 0.6 is 11.6 Å². The van der Waals surface area contributed by atoms with E-state index >= 15 is 0 Å². The lowest BCUT2D eigenvalue weighted by molar-refractivity contribution is 0.694.